The van der Waals surface area contributed by atoms with Crippen molar-refractivity contribution in [1.29, 1.82) is 0 Å². The molecule has 0 aromatic rings. The minimum absolute atomic E-state index is 0.725. The second-order valence-electron chi connectivity index (χ2n) is 5.73. The van der Waals surface area contributed by atoms with E-state index in [1.54, 1.807) is 0 Å². The molecule has 0 aromatic carbocycles. The molecule has 2 aliphatic heterocycles. The smallest absolute Gasteiger partial charge is 0.0192 e. The molecule has 3 heteroatoms. The van der Waals surface area contributed by atoms with E-state index in [1.807, 2.05) is 0 Å². The first kappa shape index (κ1) is 13.3. The van der Waals surface area contributed by atoms with Gasteiger partial charge in [0.25, 0.3) is 0 Å². The molecule has 2 heterocycles. The molecule has 2 unspecified atom stereocenters. The van der Waals surface area contributed by atoms with Crippen LogP contribution in [0.15, 0.2) is 0 Å². The highest BCUT2D eigenvalue weighted by molar-refractivity contribution is 4.76. The summed E-state index contributed by atoms with van der Waals surface area (Å²) in [4.78, 5) is 2.67. The van der Waals surface area contributed by atoms with Gasteiger partial charge >= 0.3 is 0 Å². The summed E-state index contributed by atoms with van der Waals surface area (Å²) >= 11 is 0. The van der Waals surface area contributed by atoms with E-state index in [4.69, 9.17) is 0 Å². The van der Waals surface area contributed by atoms with Crippen LogP contribution in [0.4, 0.5) is 0 Å². The largest absolute Gasteiger partial charge is 0.315 e. The maximum absolute atomic E-state index is 3.69. The molecule has 3 nitrogen and oxygen atoms in total. The quantitative estimate of drug-likeness (QED) is 0.714. The van der Waals surface area contributed by atoms with E-state index in [-0.39, 0.29) is 0 Å². The van der Waals surface area contributed by atoms with Crippen LogP contribution in [0.25, 0.3) is 0 Å². The first-order valence-corrected chi connectivity index (χ1v) is 7.54. The number of hydrogen-bond donors (Lipinski definition) is 2. The molecular weight excluding hydrogens is 210 g/mol. The number of nitrogens with one attached hydrogen (secondary N) is 2. The highest BCUT2D eigenvalue weighted by atomic mass is 15.2. The monoisotopic (exact) mass is 239 g/mol. The third-order valence-corrected chi connectivity index (χ3v) is 4.29. The Morgan fingerprint density at radius 2 is 2.18 bits per heavy atom. The predicted molar refractivity (Wildman–Crippen MR) is 73.4 cm³/mol. The summed E-state index contributed by atoms with van der Waals surface area (Å²) in [7, 11) is 0. The van der Waals surface area contributed by atoms with Crippen LogP contribution < -0.4 is 10.6 Å². The molecular formula is C14H29N3. The molecule has 0 aliphatic carbocycles. The van der Waals surface area contributed by atoms with Gasteiger partial charge in [-0.2, -0.15) is 0 Å². The zero-order valence-electron chi connectivity index (χ0n) is 11.4. The summed E-state index contributed by atoms with van der Waals surface area (Å²) in [5.74, 6) is 0. The van der Waals surface area contributed by atoms with Crippen LogP contribution in [-0.4, -0.2) is 49.7 Å². The standard InChI is InChI=1S/C14H29N3/c1-13-6-2-3-10-17(13)11-5-9-16-14-7-4-8-15-12-14/h13-16H,2-12H2,1H3. The lowest BCUT2D eigenvalue weighted by Crippen LogP contribution is -2.44. The maximum Gasteiger partial charge on any atom is 0.0192 e. The van der Waals surface area contributed by atoms with Crippen LogP contribution in [0.1, 0.15) is 45.4 Å². The zero-order valence-corrected chi connectivity index (χ0v) is 11.4. The van der Waals surface area contributed by atoms with Gasteiger partial charge in [-0.05, 0) is 65.2 Å². The van der Waals surface area contributed by atoms with E-state index in [2.05, 4.69) is 22.5 Å². The first-order chi connectivity index (χ1) is 8.36. The number of piperidine rings is 2. The van der Waals surface area contributed by atoms with E-state index in [0.717, 1.165) is 12.1 Å². The zero-order chi connectivity index (χ0) is 11.9. The fraction of sp³-hybridized carbons (Fsp3) is 1.00. The summed E-state index contributed by atoms with van der Waals surface area (Å²) in [6.45, 7) is 8.57. The molecule has 2 atom stereocenters. The lowest BCUT2D eigenvalue weighted by molar-refractivity contribution is 0.158. The topological polar surface area (TPSA) is 27.3 Å². The van der Waals surface area contributed by atoms with Gasteiger partial charge in [0.05, 0.1) is 0 Å². The number of nitrogens with zero attached hydrogens (tertiary/aromatic N) is 1. The van der Waals surface area contributed by atoms with Gasteiger partial charge in [0.15, 0.2) is 0 Å². The number of likely N-dealkylation sites (tertiary alicyclic amines) is 1. The third kappa shape index (κ3) is 4.57. The van der Waals surface area contributed by atoms with Crippen LogP contribution in [0, 0.1) is 0 Å². The molecule has 0 saturated carbocycles. The second kappa shape index (κ2) is 7.34. The second-order valence-corrected chi connectivity index (χ2v) is 5.73. The molecule has 2 fully saturated rings. The van der Waals surface area contributed by atoms with Crippen molar-refractivity contribution in [1.82, 2.24) is 15.5 Å². The van der Waals surface area contributed by atoms with Crippen molar-refractivity contribution in [2.24, 2.45) is 0 Å². The van der Waals surface area contributed by atoms with Gasteiger partial charge in [0.1, 0.15) is 0 Å². The molecule has 17 heavy (non-hydrogen) atoms. The summed E-state index contributed by atoms with van der Waals surface area (Å²) in [5, 5.41) is 7.15. The first-order valence-electron chi connectivity index (χ1n) is 7.54. The van der Waals surface area contributed by atoms with Crippen LogP contribution in [0.5, 0.6) is 0 Å². The van der Waals surface area contributed by atoms with Crippen molar-refractivity contribution in [2.75, 3.05) is 32.7 Å². The Morgan fingerprint density at radius 3 is 2.94 bits per heavy atom. The molecule has 100 valence electrons. The molecule has 0 bridgehead atoms. The van der Waals surface area contributed by atoms with E-state index < -0.39 is 0 Å². The molecule has 2 aliphatic rings. The molecule has 0 aromatic heterocycles. The van der Waals surface area contributed by atoms with Crippen LogP contribution in [-0.2, 0) is 0 Å². The average molecular weight is 239 g/mol. The fourth-order valence-electron chi connectivity index (χ4n) is 3.10. The van der Waals surface area contributed by atoms with Gasteiger partial charge in [-0.1, -0.05) is 6.42 Å². The van der Waals surface area contributed by atoms with Crippen LogP contribution in [0.3, 0.4) is 0 Å². The van der Waals surface area contributed by atoms with Crippen LogP contribution >= 0.6 is 0 Å². The molecule has 2 saturated heterocycles. The lowest BCUT2D eigenvalue weighted by Gasteiger charge is -2.33. The summed E-state index contributed by atoms with van der Waals surface area (Å²) in [6.07, 6.45) is 8.24. The SMILES string of the molecule is CC1CCCCN1CCCNC1CCCNC1. The highest BCUT2D eigenvalue weighted by Crippen LogP contribution is 2.16. The van der Waals surface area contributed by atoms with E-state index in [0.29, 0.717) is 0 Å². The average Bonchev–Trinajstić information content (AvgIpc) is 2.38. The molecule has 0 amide bonds. The summed E-state index contributed by atoms with van der Waals surface area (Å²) in [5.41, 5.74) is 0. The van der Waals surface area contributed by atoms with Gasteiger partial charge in [-0.25, -0.2) is 0 Å². The molecule has 2 rings (SSSR count). The fourth-order valence-corrected chi connectivity index (χ4v) is 3.10. The third-order valence-electron chi connectivity index (χ3n) is 4.29. The minimum atomic E-state index is 0.725. The Balaban J connectivity index is 1.53. The van der Waals surface area contributed by atoms with Gasteiger partial charge in [-0.3, -0.25) is 0 Å². The normalized spacial score (nSPS) is 31.6. The Morgan fingerprint density at radius 1 is 1.24 bits per heavy atom. The highest BCUT2D eigenvalue weighted by Gasteiger charge is 2.17. The van der Waals surface area contributed by atoms with Gasteiger partial charge in [0, 0.05) is 18.6 Å². The van der Waals surface area contributed by atoms with E-state index in [1.165, 1.54) is 71.2 Å². The Kier molecular flexibility index (Phi) is 5.75. The Hall–Kier alpha value is -0.120. The van der Waals surface area contributed by atoms with Crippen molar-refractivity contribution in [3.8, 4) is 0 Å². The van der Waals surface area contributed by atoms with Crippen molar-refractivity contribution in [2.45, 2.75) is 57.5 Å². The predicted octanol–water partition coefficient (Wildman–Crippen LogP) is 1.59. The van der Waals surface area contributed by atoms with Gasteiger partial charge in [0.2, 0.25) is 0 Å². The molecule has 0 radical (unpaired) electrons. The van der Waals surface area contributed by atoms with Gasteiger partial charge < -0.3 is 15.5 Å². The maximum atomic E-state index is 3.69. The van der Waals surface area contributed by atoms with E-state index in [9.17, 15) is 0 Å². The van der Waals surface area contributed by atoms with Crippen molar-refractivity contribution >= 4 is 0 Å². The molecule has 0 spiro atoms. The summed E-state index contributed by atoms with van der Waals surface area (Å²) < 4.78 is 0. The number of rotatable bonds is 5. The van der Waals surface area contributed by atoms with Crippen molar-refractivity contribution in [3.05, 3.63) is 0 Å². The summed E-state index contributed by atoms with van der Waals surface area (Å²) in [6, 6.07) is 1.54. The lowest BCUT2D eigenvalue weighted by atomic mass is 10.0. The van der Waals surface area contributed by atoms with E-state index >= 15 is 0 Å². The minimum Gasteiger partial charge on any atom is -0.315 e. The van der Waals surface area contributed by atoms with Crippen molar-refractivity contribution in [3.63, 3.8) is 0 Å². The molecule has 2 N–H and O–H groups in total. The van der Waals surface area contributed by atoms with Gasteiger partial charge in [-0.15, -0.1) is 0 Å². The Bertz CT molecular complexity index is 202. The Labute approximate surface area is 106 Å². The van der Waals surface area contributed by atoms with Crippen LogP contribution in [0.2, 0.25) is 0 Å². The number of hydrogen-bond acceptors (Lipinski definition) is 3. The van der Waals surface area contributed by atoms with Crippen molar-refractivity contribution < 1.29 is 0 Å².